The lowest BCUT2D eigenvalue weighted by atomic mass is 9.91. The molecule has 0 fully saturated rings. The molecule has 0 amide bonds. The smallest absolute Gasteiger partial charge is 0.136 e. The molecule has 1 atom stereocenters. The molecule has 3 rings (SSSR count). The summed E-state index contributed by atoms with van der Waals surface area (Å²) in [5.41, 5.74) is 2.82. The molecule has 0 spiro atoms. The molecule has 1 aliphatic rings. The normalized spacial score (nSPS) is 18.1. The maximum Gasteiger partial charge on any atom is 0.136 e. The second-order valence-corrected chi connectivity index (χ2v) is 7.31. The summed E-state index contributed by atoms with van der Waals surface area (Å²) in [5, 5.41) is 3.08. The molecular weight excluding hydrogens is 428 g/mol. The van der Waals surface area contributed by atoms with Crippen molar-refractivity contribution in [2.24, 2.45) is 0 Å². The van der Waals surface area contributed by atoms with Gasteiger partial charge in [-0.15, -0.1) is 0 Å². The second-order valence-electron chi connectivity index (χ2n) is 5.29. The van der Waals surface area contributed by atoms with Crippen LogP contribution >= 0.6 is 31.9 Å². The van der Waals surface area contributed by atoms with Crippen LogP contribution in [0, 0.1) is 11.6 Å². The molecular formula is C18H13Br2F2N. The highest BCUT2D eigenvalue weighted by Crippen LogP contribution is 2.38. The Balaban J connectivity index is 2.25. The van der Waals surface area contributed by atoms with Gasteiger partial charge in [0.05, 0.1) is 16.1 Å². The van der Waals surface area contributed by atoms with Crippen LogP contribution in [0.5, 0.6) is 0 Å². The van der Waals surface area contributed by atoms with Gasteiger partial charge < -0.3 is 5.32 Å². The molecule has 0 bridgehead atoms. The van der Waals surface area contributed by atoms with E-state index in [0.29, 0.717) is 22.3 Å². The molecule has 2 aromatic carbocycles. The van der Waals surface area contributed by atoms with E-state index >= 15 is 0 Å². The maximum absolute atomic E-state index is 14.4. The Bertz CT molecular complexity index is 777. The zero-order valence-electron chi connectivity index (χ0n) is 12.0. The van der Waals surface area contributed by atoms with E-state index < -0.39 is 11.6 Å². The summed E-state index contributed by atoms with van der Waals surface area (Å²) in [6, 6.07) is 12.1. The van der Waals surface area contributed by atoms with Crippen LogP contribution in [0.15, 0.2) is 59.2 Å². The van der Waals surface area contributed by atoms with Gasteiger partial charge in [0.25, 0.3) is 0 Å². The fourth-order valence-electron chi connectivity index (χ4n) is 2.61. The summed E-state index contributed by atoms with van der Waals surface area (Å²) in [6.45, 7) is 3.93. The summed E-state index contributed by atoms with van der Waals surface area (Å²) in [6.07, 6.45) is 0.597. The number of halogens is 4. The minimum absolute atomic E-state index is 0.00280. The van der Waals surface area contributed by atoms with Crippen molar-refractivity contribution in [2.75, 3.05) is 0 Å². The van der Waals surface area contributed by atoms with Crippen molar-refractivity contribution in [3.8, 4) is 0 Å². The topological polar surface area (TPSA) is 12.0 Å². The van der Waals surface area contributed by atoms with Crippen molar-refractivity contribution >= 4 is 43.1 Å². The Hall–Kier alpha value is -1.46. The molecule has 118 valence electrons. The van der Waals surface area contributed by atoms with Gasteiger partial charge in [-0.05, 0) is 29.7 Å². The van der Waals surface area contributed by atoms with Gasteiger partial charge in [0.1, 0.15) is 11.6 Å². The number of hydrogen-bond donors (Lipinski definition) is 1. The van der Waals surface area contributed by atoms with Crippen molar-refractivity contribution in [3.05, 3.63) is 82.0 Å². The first-order valence-electron chi connectivity index (χ1n) is 7.00. The van der Waals surface area contributed by atoms with Gasteiger partial charge in [0.2, 0.25) is 0 Å². The van der Waals surface area contributed by atoms with Gasteiger partial charge in [0, 0.05) is 10.2 Å². The molecule has 2 aromatic rings. The highest BCUT2D eigenvalue weighted by Gasteiger charge is 2.27. The van der Waals surface area contributed by atoms with Crippen LogP contribution in [0.2, 0.25) is 0 Å². The molecule has 0 aromatic heterocycles. The third kappa shape index (κ3) is 3.26. The van der Waals surface area contributed by atoms with Crippen molar-refractivity contribution in [3.63, 3.8) is 0 Å². The van der Waals surface area contributed by atoms with Crippen LogP contribution in [0.3, 0.4) is 0 Å². The molecule has 1 unspecified atom stereocenters. The van der Waals surface area contributed by atoms with E-state index in [4.69, 9.17) is 0 Å². The highest BCUT2D eigenvalue weighted by molar-refractivity contribution is 9.10. The second kappa shape index (κ2) is 6.57. The predicted octanol–water partition coefficient (Wildman–Crippen LogP) is 5.87. The lowest BCUT2D eigenvalue weighted by Crippen LogP contribution is -2.26. The molecule has 1 heterocycles. The average Bonchev–Trinajstić information content (AvgIpc) is 2.50. The van der Waals surface area contributed by atoms with E-state index in [2.05, 4.69) is 43.8 Å². The van der Waals surface area contributed by atoms with Crippen LogP contribution in [-0.4, -0.2) is 4.83 Å². The van der Waals surface area contributed by atoms with Crippen molar-refractivity contribution in [1.82, 2.24) is 5.32 Å². The molecule has 1 aliphatic heterocycles. The standard InChI is InChI=1S/C18H13Br2F2N/c1-10-14(20)9-13(11-5-3-2-4-6-11)18(23-10)17-15(21)7-12(19)8-16(17)22/h2-8,14,23H,1,9H2. The number of allylic oxidation sites excluding steroid dienone is 2. The molecule has 5 heteroatoms. The Labute approximate surface area is 150 Å². The zero-order chi connectivity index (χ0) is 16.6. The first-order valence-corrected chi connectivity index (χ1v) is 8.71. The number of benzene rings is 2. The lowest BCUT2D eigenvalue weighted by Gasteiger charge is -2.28. The summed E-state index contributed by atoms with van der Waals surface area (Å²) in [4.78, 5) is 0.00280. The summed E-state index contributed by atoms with van der Waals surface area (Å²) < 4.78 is 29.2. The fraction of sp³-hybridized carbons (Fsp3) is 0.111. The van der Waals surface area contributed by atoms with Gasteiger partial charge in [-0.2, -0.15) is 0 Å². The van der Waals surface area contributed by atoms with E-state index in [0.717, 1.165) is 11.1 Å². The molecule has 1 nitrogen and oxygen atoms in total. The van der Waals surface area contributed by atoms with Crippen molar-refractivity contribution in [1.29, 1.82) is 0 Å². The van der Waals surface area contributed by atoms with Crippen molar-refractivity contribution in [2.45, 2.75) is 11.2 Å². The van der Waals surface area contributed by atoms with E-state index in [1.165, 1.54) is 12.1 Å². The van der Waals surface area contributed by atoms with E-state index in [-0.39, 0.29) is 10.4 Å². The van der Waals surface area contributed by atoms with Crippen LogP contribution < -0.4 is 5.32 Å². The Kier molecular flexibility index (Phi) is 4.69. The highest BCUT2D eigenvalue weighted by atomic mass is 79.9. The zero-order valence-corrected chi connectivity index (χ0v) is 15.2. The van der Waals surface area contributed by atoms with Crippen LogP contribution in [0.1, 0.15) is 17.5 Å². The fourth-order valence-corrected chi connectivity index (χ4v) is 3.45. The molecule has 0 saturated heterocycles. The number of alkyl halides is 1. The summed E-state index contributed by atoms with van der Waals surface area (Å²) >= 11 is 6.66. The maximum atomic E-state index is 14.4. The Morgan fingerprint density at radius 1 is 1.09 bits per heavy atom. The minimum Gasteiger partial charge on any atom is -0.358 e. The van der Waals surface area contributed by atoms with Crippen molar-refractivity contribution < 1.29 is 8.78 Å². The average molecular weight is 441 g/mol. The molecule has 0 aliphatic carbocycles. The molecule has 1 N–H and O–H groups in total. The SMILES string of the molecule is C=C1NC(c2c(F)cc(Br)cc2F)=C(c2ccccc2)CC1Br. The van der Waals surface area contributed by atoms with E-state index in [9.17, 15) is 8.78 Å². The van der Waals surface area contributed by atoms with E-state index in [1.807, 2.05) is 30.3 Å². The first-order chi connectivity index (χ1) is 11.0. The van der Waals surface area contributed by atoms with Gasteiger partial charge in [-0.1, -0.05) is 68.8 Å². The number of nitrogens with one attached hydrogen (secondary N) is 1. The number of rotatable bonds is 2. The molecule has 0 saturated carbocycles. The lowest BCUT2D eigenvalue weighted by molar-refractivity contribution is 0.573. The Morgan fingerprint density at radius 2 is 1.70 bits per heavy atom. The summed E-state index contributed by atoms with van der Waals surface area (Å²) in [7, 11) is 0. The van der Waals surface area contributed by atoms with Crippen LogP contribution in [0.25, 0.3) is 11.3 Å². The predicted molar refractivity (Wildman–Crippen MR) is 96.9 cm³/mol. The summed E-state index contributed by atoms with van der Waals surface area (Å²) in [5.74, 6) is -1.23. The number of hydrogen-bond acceptors (Lipinski definition) is 1. The van der Waals surface area contributed by atoms with E-state index in [1.54, 1.807) is 0 Å². The van der Waals surface area contributed by atoms with Crippen LogP contribution in [-0.2, 0) is 0 Å². The van der Waals surface area contributed by atoms with Gasteiger partial charge in [-0.3, -0.25) is 0 Å². The third-order valence-corrected chi connectivity index (χ3v) is 5.06. The largest absolute Gasteiger partial charge is 0.358 e. The minimum atomic E-state index is -0.617. The van der Waals surface area contributed by atoms with Gasteiger partial charge in [0.15, 0.2) is 0 Å². The monoisotopic (exact) mass is 439 g/mol. The van der Waals surface area contributed by atoms with Gasteiger partial charge >= 0.3 is 0 Å². The van der Waals surface area contributed by atoms with Crippen LogP contribution in [0.4, 0.5) is 8.78 Å². The molecule has 23 heavy (non-hydrogen) atoms. The van der Waals surface area contributed by atoms with Gasteiger partial charge in [-0.25, -0.2) is 8.78 Å². The molecule has 0 radical (unpaired) electrons. The third-order valence-electron chi connectivity index (χ3n) is 3.73. The quantitative estimate of drug-likeness (QED) is 0.576. The first kappa shape index (κ1) is 16.4. The Morgan fingerprint density at radius 3 is 2.30 bits per heavy atom.